The Morgan fingerprint density at radius 1 is 1.61 bits per heavy atom. The molecule has 0 saturated carbocycles. The molecule has 1 aliphatic heterocycles. The number of hydrogen-bond acceptors (Lipinski definition) is 4. The number of hydrogen-bond donors (Lipinski definition) is 2. The van der Waals surface area contributed by atoms with Gasteiger partial charge in [-0.25, -0.2) is 4.98 Å². The van der Waals surface area contributed by atoms with E-state index in [1.807, 2.05) is 0 Å². The molecule has 96 valence electrons. The van der Waals surface area contributed by atoms with Gasteiger partial charge in [-0.1, -0.05) is 0 Å². The molecule has 1 aromatic rings. The van der Waals surface area contributed by atoms with Crippen molar-refractivity contribution in [3.05, 3.63) is 28.4 Å². The van der Waals surface area contributed by atoms with Gasteiger partial charge in [0, 0.05) is 26.2 Å². The second-order valence-corrected chi connectivity index (χ2v) is 4.25. The predicted octanol–water partition coefficient (Wildman–Crippen LogP) is -1.02. The molecule has 1 unspecified atom stereocenters. The van der Waals surface area contributed by atoms with E-state index in [-0.39, 0.29) is 29.6 Å². The van der Waals surface area contributed by atoms with Gasteiger partial charge in [-0.3, -0.25) is 14.4 Å². The lowest BCUT2D eigenvalue weighted by Gasteiger charge is -2.10. The minimum atomic E-state index is -0.441. The van der Waals surface area contributed by atoms with Crippen LogP contribution in [0.5, 0.6) is 0 Å². The first-order valence-corrected chi connectivity index (χ1v) is 5.66. The van der Waals surface area contributed by atoms with E-state index in [0.29, 0.717) is 6.54 Å². The number of nitrogens with one attached hydrogen (secondary N) is 2. The summed E-state index contributed by atoms with van der Waals surface area (Å²) in [6.07, 6.45) is 1.91. The van der Waals surface area contributed by atoms with Crippen LogP contribution in [-0.2, 0) is 4.79 Å². The summed E-state index contributed by atoms with van der Waals surface area (Å²) in [7, 11) is 1.74. The van der Waals surface area contributed by atoms with Crippen molar-refractivity contribution in [3.63, 3.8) is 0 Å². The molecule has 0 spiro atoms. The van der Waals surface area contributed by atoms with Gasteiger partial charge in [-0.15, -0.1) is 0 Å². The highest BCUT2D eigenvalue weighted by Crippen LogP contribution is 2.14. The number of nitrogens with zero attached hydrogens (tertiary/aromatic N) is 2. The molecule has 7 heteroatoms. The zero-order valence-electron chi connectivity index (χ0n) is 9.97. The highest BCUT2D eigenvalue weighted by atomic mass is 16.2. The van der Waals surface area contributed by atoms with Crippen molar-refractivity contribution in [2.75, 3.05) is 20.1 Å². The number of rotatable bonds is 3. The maximum Gasteiger partial charge on any atom is 0.270 e. The Balaban J connectivity index is 1.93. The monoisotopic (exact) mass is 250 g/mol. The van der Waals surface area contributed by atoms with E-state index in [0.717, 1.165) is 12.5 Å². The molecule has 2 N–H and O–H groups in total. The standard InChI is InChI=1S/C11H14N4O3/c1-15-3-2-7(11(15)18)5-12-10(17)8-4-9(16)14-6-13-8/h4,6-7H,2-3,5H2,1H3,(H,12,17)(H,13,14,16). The van der Waals surface area contributed by atoms with Crippen LogP contribution in [0.15, 0.2) is 17.2 Å². The van der Waals surface area contributed by atoms with E-state index in [2.05, 4.69) is 15.3 Å². The summed E-state index contributed by atoms with van der Waals surface area (Å²) >= 11 is 0. The number of carbonyl (C=O) groups is 2. The van der Waals surface area contributed by atoms with E-state index in [4.69, 9.17) is 0 Å². The normalized spacial score (nSPS) is 19.1. The van der Waals surface area contributed by atoms with Crippen molar-refractivity contribution in [1.29, 1.82) is 0 Å². The maximum atomic E-state index is 11.7. The molecule has 0 radical (unpaired) electrons. The van der Waals surface area contributed by atoms with Crippen LogP contribution in [0.2, 0.25) is 0 Å². The van der Waals surface area contributed by atoms with E-state index in [1.54, 1.807) is 11.9 Å². The van der Waals surface area contributed by atoms with E-state index in [9.17, 15) is 14.4 Å². The second-order valence-electron chi connectivity index (χ2n) is 4.25. The van der Waals surface area contributed by atoms with Crippen molar-refractivity contribution in [3.8, 4) is 0 Å². The summed E-state index contributed by atoms with van der Waals surface area (Å²) in [6, 6.07) is 1.12. The SMILES string of the molecule is CN1CCC(CNC(=O)c2cc(=O)[nH]cn2)C1=O. The van der Waals surface area contributed by atoms with E-state index < -0.39 is 5.91 Å². The molecule has 7 nitrogen and oxygen atoms in total. The van der Waals surface area contributed by atoms with E-state index >= 15 is 0 Å². The van der Waals surface area contributed by atoms with Crippen LogP contribution >= 0.6 is 0 Å². The third-order valence-electron chi connectivity index (χ3n) is 2.96. The quantitative estimate of drug-likeness (QED) is 0.717. The average Bonchev–Trinajstić information content (AvgIpc) is 2.67. The van der Waals surface area contributed by atoms with Gasteiger partial charge in [0.15, 0.2) is 0 Å². The second kappa shape index (κ2) is 4.99. The highest BCUT2D eigenvalue weighted by molar-refractivity contribution is 5.92. The smallest absolute Gasteiger partial charge is 0.270 e. The number of aromatic amines is 1. The molecular formula is C11H14N4O3. The van der Waals surface area contributed by atoms with Gasteiger partial charge in [-0.05, 0) is 6.42 Å². The summed E-state index contributed by atoms with van der Waals surface area (Å²) in [5.74, 6) is -0.585. The van der Waals surface area contributed by atoms with Gasteiger partial charge in [-0.2, -0.15) is 0 Å². The van der Waals surface area contributed by atoms with Gasteiger partial charge < -0.3 is 15.2 Å². The van der Waals surface area contributed by atoms with Crippen molar-refractivity contribution in [1.82, 2.24) is 20.2 Å². The van der Waals surface area contributed by atoms with Crippen LogP contribution in [0.4, 0.5) is 0 Å². The Labute approximate surface area is 103 Å². The molecule has 1 atom stereocenters. The van der Waals surface area contributed by atoms with Crippen LogP contribution in [0.1, 0.15) is 16.9 Å². The number of aromatic nitrogens is 2. The fourth-order valence-electron chi connectivity index (χ4n) is 1.88. The third-order valence-corrected chi connectivity index (χ3v) is 2.96. The molecule has 2 amide bonds. The zero-order chi connectivity index (χ0) is 13.1. The third kappa shape index (κ3) is 2.55. The number of H-pyrrole nitrogens is 1. The van der Waals surface area contributed by atoms with Crippen LogP contribution in [0.3, 0.4) is 0 Å². The molecule has 2 rings (SSSR count). The van der Waals surface area contributed by atoms with Gasteiger partial charge in [0.05, 0.1) is 12.2 Å². The maximum absolute atomic E-state index is 11.7. The van der Waals surface area contributed by atoms with Crippen molar-refractivity contribution >= 4 is 11.8 Å². The minimum absolute atomic E-state index is 0.0363. The first-order valence-electron chi connectivity index (χ1n) is 5.66. The van der Waals surface area contributed by atoms with Gasteiger partial charge in [0.2, 0.25) is 5.91 Å². The average molecular weight is 250 g/mol. The van der Waals surface area contributed by atoms with Crippen molar-refractivity contribution in [2.45, 2.75) is 6.42 Å². The molecule has 1 aromatic heterocycles. The Morgan fingerprint density at radius 3 is 3.00 bits per heavy atom. The molecule has 1 fully saturated rings. The Bertz CT molecular complexity index is 525. The van der Waals surface area contributed by atoms with Crippen molar-refractivity contribution in [2.24, 2.45) is 5.92 Å². The van der Waals surface area contributed by atoms with Crippen LogP contribution in [0.25, 0.3) is 0 Å². The Hall–Kier alpha value is -2.18. The van der Waals surface area contributed by atoms with Crippen molar-refractivity contribution < 1.29 is 9.59 Å². The number of likely N-dealkylation sites (tertiary alicyclic amines) is 1. The largest absolute Gasteiger partial charge is 0.350 e. The van der Waals surface area contributed by atoms with Crippen LogP contribution in [-0.4, -0.2) is 46.8 Å². The summed E-state index contributed by atoms with van der Waals surface area (Å²) < 4.78 is 0. The van der Waals surface area contributed by atoms with Gasteiger partial charge >= 0.3 is 0 Å². The van der Waals surface area contributed by atoms with Crippen LogP contribution < -0.4 is 10.9 Å². The topological polar surface area (TPSA) is 95.2 Å². The van der Waals surface area contributed by atoms with Crippen LogP contribution in [0, 0.1) is 5.92 Å². The summed E-state index contributed by atoms with van der Waals surface area (Å²) in [6.45, 7) is 0.985. The lowest BCUT2D eigenvalue weighted by atomic mass is 10.1. The van der Waals surface area contributed by atoms with Gasteiger partial charge in [0.25, 0.3) is 11.5 Å². The predicted molar refractivity (Wildman–Crippen MR) is 62.9 cm³/mol. The Kier molecular flexibility index (Phi) is 3.40. The molecular weight excluding hydrogens is 236 g/mol. The number of carbonyl (C=O) groups excluding carboxylic acids is 2. The molecule has 0 aliphatic carbocycles. The molecule has 18 heavy (non-hydrogen) atoms. The first kappa shape index (κ1) is 12.3. The molecule has 0 aromatic carbocycles. The fraction of sp³-hybridized carbons (Fsp3) is 0.455. The lowest BCUT2D eigenvalue weighted by Crippen LogP contribution is -2.34. The Morgan fingerprint density at radius 2 is 2.39 bits per heavy atom. The van der Waals surface area contributed by atoms with Gasteiger partial charge in [0.1, 0.15) is 5.69 Å². The molecule has 1 aliphatic rings. The summed E-state index contributed by atoms with van der Waals surface area (Å²) in [5.41, 5.74) is -0.329. The highest BCUT2D eigenvalue weighted by Gasteiger charge is 2.29. The zero-order valence-corrected chi connectivity index (χ0v) is 9.97. The molecule has 0 bridgehead atoms. The number of amides is 2. The molecule has 1 saturated heterocycles. The minimum Gasteiger partial charge on any atom is -0.350 e. The lowest BCUT2D eigenvalue weighted by molar-refractivity contribution is -0.129. The summed E-state index contributed by atoms with van der Waals surface area (Å²) in [4.78, 5) is 42.0. The first-order chi connectivity index (χ1) is 8.58. The fourth-order valence-corrected chi connectivity index (χ4v) is 1.88. The molecule has 2 heterocycles. The summed E-state index contributed by atoms with van der Waals surface area (Å²) in [5, 5.41) is 2.62. The van der Waals surface area contributed by atoms with E-state index in [1.165, 1.54) is 6.33 Å².